The molecule has 1 aliphatic rings. The molecular formula is C16H17FN2O3. The fourth-order valence-electron chi connectivity index (χ4n) is 3.07. The van der Waals surface area contributed by atoms with Crippen LogP contribution >= 0.6 is 0 Å². The number of carbonyl (C=O) groups excluding carboxylic acids is 1. The van der Waals surface area contributed by atoms with Crippen LogP contribution in [0, 0.1) is 17.7 Å². The average Bonchev–Trinajstić information content (AvgIpc) is 3.02. The molecule has 0 aliphatic carbocycles. The highest BCUT2D eigenvalue weighted by Gasteiger charge is 2.36. The van der Waals surface area contributed by atoms with Crippen molar-refractivity contribution in [3.8, 4) is 0 Å². The molecule has 0 unspecified atom stereocenters. The maximum Gasteiger partial charge on any atom is 0.308 e. The number of halogens is 1. The predicted molar refractivity (Wildman–Crippen MR) is 78.8 cm³/mol. The molecule has 5 nitrogen and oxygen atoms in total. The first kappa shape index (κ1) is 14.6. The van der Waals surface area contributed by atoms with Crippen LogP contribution in [0.1, 0.15) is 12.5 Å². The van der Waals surface area contributed by atoms with Crippen molar-refractivity contribution in [3.63, 3.8) is 0 Å². The number of likely N-dealkylation sites (tertiary alicyclic amines) is 1. The number of H-pyrrole nitrogens is 1. The number of carboxylic acids is 1. The van der Waals surface area contributed by atoms with E-state index in [4.69, 9.17) is 5.11 Å². The second kappa shape index (κ2) is 5.44. The maximum absolute atomic E-state index is 13.2. The number of fused-ring (bicyclic) bond motifs is 1. The van der Waals surface area contributed by atoms with Crippen LogP contribution in [0.5, 0.6) is 0 Å². The summed E-state index contributed by atoms with van der Waals surface area (Å²) in [7, 11) is 0. The Hall–Kier alpha value is -2.37. The zero-order chi connectivity index (χ0) is 15.9. The summed E-state index contributed by atoms with van der Waals surface area (Å²) in [6.07, 6.45) is 1.89. The van der Waals surface area contributed by atoms with Crippen LogP contribution < -0.4 is 0 Å². The van der Waals surface area contributed by atoms with Crippen LogP contribution in [0.2, 0.25) is 0 Å². The molecule has 0 bridgehead atoms. The lowest BCUT2D eigenvalue weighted by atomic mass is 9.99. The number of hydrogen-bond acceptors (Lipinski definition) is 2. The summed E-state index contributed by atoms with van der Waals surface area (Å²) in [6.45, 7) is 2.57. The van der Waals surface area contributed by atoms with Crippen molar-refractivity contribution in [3.05, 3.63) is 35.8 Å². The van der Waals surface area contributed by atoms with E-state index in [1.165, 1.54) is 12.1 Å². The Labute approximate surface area is 126 Å². The number of amides is 1. The van der Waals surface area contributed by atoms with Gasteiger partial charge < -0.3 is 15.0 Å². The van der Waals surface area contributed by atoms with Crippen LogP contribution in [0.4, 0.5) is 4.39 Å². The average molecular weight is 304 g/mol. The number of aromatic amines is 1. The molecule has 1 aromatic carbocycles. The number of benzene rings is 1. The predicted octanol–water partition coefficient (Wildman–Crippen LogP) is 2.03. The van der Waals surface area contributed by atoms with Crippen LogP contribution in [0.3, 0.4) is 0 Å². The van der Waals surface area contributed by atoms with Crippen molar-refractivity contribution in [2.75, 3.05) is 13.1 Å². The number of carboxylic acid groups (broad SMARTS) is 1. The molecule has 2 atom stereocenters. The van der Waals surface area contributed by atoms with E-state index in [-0.39, 0.29) is 30.6 Å². The van der Waals surface area contributed by atoms with Gasteiger partial charge >= 0.3 is 5.97 Å². The number of aromatic nitrogens is 1. The first-order valence-electron chi connectivity index (χ1n) is 7.22. The number of hydrogen-bond donors (Lipinski definition) is 2. The molecule has 0 radical (unpaired) electrons. The SMILES string of the molecule is C[C@@H]1CN(C(=O)Cc2c[nH]c3cc(F)ccc23)C[C@H]1C(=O)O. The highest BCUT2D eigenvalue weighted by atomic mass is 19.1. The quantitative estimate of drug-likeness (QED) is 0.911. The highest BCUT2D eigenvalue weighted by Crippen LogP contribution is 2.25. The summed E-state index contributed by atoms with van der Waals surface area (Å²) >= 11 is 0. The Balaban J connectivity index is 1.75. The molecule has 3 rings (SSSR count). The van der Waals surface area contributed by atoms with Crippen molar-refractivity contribution >= 4 is 22.8 Å². The Bertz CT molecular complexity index is 740. The van der Waals surface area contributed by atoms with Gasteiger partial charge in [-0.3, -0.25) is 9.59 Å². The molecule has 1 aliphatic heterocycles. The van der Waals surface area contributed by atoms with Gasteiger partial charge in [0.15, 0.2) is 0 Å². The number of rotatable bonds is 3. The van der Waals surface area contributed by atoms with Crippen LogP contribution in [0.25, 0.3) is 10.9 Å². The monoisotopic (exact) mass is 304 g/mol. The standard InChI is InChI=1S/C16H17FN2O3/c1-9-7-19(8-13(9)16(21)22)15(20)4-10-6-18-14-5-11(17)2-3-12(10)14/h2-3,5-6,9,13,18H,4,7-8H2,1H3,(H,21,22)/t9-,13-/m1/s1. The molecule has 2 heterocycles. The zero-order valence-corrected chi connectivity index (χ0v) is 12.2. The lowest BCUT2D eigenvalue weighted by Crippen LogP contribution is -2.31. The lowest BCUT2D eigenvalue weighted by molar-refractivity contribution is -0.142. The third-order valence-corrected chi connectivity index (χ3v) is 4.35. The third-order valence-electron chi connectivity index (χ3n) is 4.35. The largest absolute Gasteiger partial charge is 0.481 e. The molecule has 2 N–H and O–H groups in total. The lowest BCUT2D eigenvalue weighted by Gasteiger charge is -2.15. The molecule has 1 aromatic heterocycles. The first-order valence-corrected chi connectivity index (χ1v) is 7.22. The Morgan fingerprint density at radius 1 is 1.41 bits per heavy atom. The third kappa shape index (κ3) is 2.56. The fraction of sp³-hybridized carbons (Fsp3) is 0.375. The van der Waals surface area contributed by atoms with E-state index >= 15 is 0 Å². The molecular weight excluding hydrogens is 287 g/mol. The molecule has 0 saturated carbocycles. The van der Waals surface area contributed by atoms with E-state index < -0.39 is 11.9 Å². The van der Waals surface area contributed by atoms with Gasteiger partial charge in [0.1, 0.15) is 5.82 Å². The van der Waals surface area contributed by atoms with Gasteiger partial charge in [-0.15, -0.1) is 0 Å². The number of carbonyl (C=O) groups is 2. The van der Waals surface area contributed by atoms with E-state index in [9.17, 15) is 14.0 Å². The molecule has 6 heteroatoms. The van der Waals surface area contributed by atoms with Crippen molar-refractivity contribution in [2.45, 2.75) is 13.3 Å². The molecule has 1 amide bonds. The minimum absolute atomic E-state index is 0.0430. The van der Waals surface area contributed by atoms with Gasteiger partial charge in [-0.25, -0.2) is 4.39 Å². The minimum atomic E-state index is -0.856. The molecule has 1 fully saturated rings. The molecule has 116 valence electrons. The highest BCUT2D eigenvalue weighted by molar-refractivity contribution is 5.89. The van der Waals surface area contributed by atoms with E-state index in [2.05, 4.69) is 4.98 Å². The molecule has 22 heavy (non-hydrogen) atoms. The van der Waals surface area contributed by atoms with Gasteiger partial charge in [0.25, 0.3) is 0 Å². The minimum Gasteiger partial charge on any atom is -0.481 e. The van der Waals surface area contributed by atoms with Crippen molar-refractivity contribution < 1.29 is 19.1 Å². The van der Waals surface area contributed by atoms with Crippen LogP contribution in [-0.4, -0.2) is 40.0 Å². The van der Waals surface area contributed by atoms with Gasteiger partial charge in [-0.05, 0) is 29.7 Å². The Morgan fingerprint density at radius 2 is 2.18 bits per heavy atom. The van der Waals surface area contributed by atoms with Crippen molar-refractivity contribution in [2.24, 2.45) is 11.8 Å². The molecule has 0 spiro atoms. The summed E-state index contributed by atoms with van der Waals surface area (Å²) in [4.78, 5) is 28.1. The van der Waals surface area contributed by atoms with E-state index in [1.807, 2.05) is 6.92 Å². The van der Waals surface area contributed by atoms with Crippen LogP contribution in [0.15, 0.2) is 24.4 Å². The van der Waals surface area contributed by atoms with Gasteiger partial charge in [-0.2, -0.15) is 0 Å². The second-order valence-corrected chi connectivity index (χ2v) is 5.90. The second-order valence-electron chi connectivity index (χ2n) is 5.90. The van der Waals surface area contributed by atoms with Gasteiger partial charge in [0, 0.05) is 30.2 Å². The van der Waals surface area contributed by atoms with Crippen molar-refractivity contribution in [1.29, 1.82) is 0 Å². The van der Waals surface area contributed by atoms with E-state index in [1.54, 1.807) is 17.2 Å². The zero-order valence-electron chi connectivity index (χ0n) is 12.2. The number of nitrogens with zero attached hydrogens (tertiary/aromatic N) is 1. The van der Waals surface area contributed by atoms with Gasteiger partial charge in [-0.1, -0.05) is 6.92 Å². The van der Waals surface area contributed by atoms with Gasteiger partial charge in [0.2, 0.25) is 5.91 Å². The normalized spacial score (nSPS) is 21.5. The number of aliphatic carboxylic acids is 1. The number of nitrogens with one attached hydrogen (secondary N) is 1. The fourth-order valence-corrected chi connectivity index (χ4v) is 3.07. The van der Waals surface area contributed by atoms with Crippen molar-refractivity contribution in [1.82, 2.24) is 9.88 Å². The Kier molecular flexibility index (Phi) is 3.60. The van der Waals surface area contributed by atoms with Gasteiger partial charge in [0.05, 0.1) is 12.3 Å². The molecule has 2 aromatic rings. The Morgan fingerprint density at radius 3 is 2.86 bits per heavy atom. The summed E-state index contributed by atoms with van der Waals surface area (Å²) in [5.41, 5.74) is 1.45. The summed E-state index contributed by atoms with van der Waals surface area (Å²) in [6, 6.07) is 4.40. The maximum atomic E-state index is 13.2. The smallest absolute Gasteiger partial charge is 0.308 e. The van der Waals surface area contributed by atoms with Crippen LogP contribution in [-0.2, 0) is 16.0 Å². The summed E-state index contributed by atoms with van der Waals surface area (Å²) in [5, 5.41) is 9.95. The summed E-state index contributed by atoms with van der Waals surface area (Å²) in [5.74, 6) is -1.82. The van der Waals surface area contributed by atoms with E-state index in [0.29, 0.717) is 12.1 Å². The molecule has 1 saturated heterocycles. The first-order chi connectivity index (χ1) is 10.5. The van der Waals surface area contributed by atoms with E-state index in [0.717, 1.165) is 10.9 Å². The topological polar surface area (TPSA) is 73.4 Å². The summed E-state index contributed by atoms with van der Waals surface area (Å²) < 4.78 is 13.2.